The van der Waals surface area contributed by atoms with Gasteiger partial charge in [-0.1, -0.05) is 20.8 Å². The molecule has 0 bridgehead atoms. The number of carbonyl (C=O) groups excluding carboxylic acids is 2. The first kappa shape index (κ1) is 30.8. The zero-order valence-electron chi connectivity index (χ0n) is 21.6. The maximum atomic E-state index is 13.8. The van der Waals surface area contributed by atoms with Crippen LogP contribution in [0.15, 0.2) is 24.3 Å². The Balaban J connectivity index is 0.000000550. The third-order valence-corrected chi connectivity index (χ3v) is 6.28. The van der Waals surface area contributed by atoms with Gasteiger partial charge in [-0.25, -0.2) is 22.8 Å². The van der Waals surface area contributed by atoms with E-state index < -0.39 is 35.4 Å². The van der Waals surface area contributed by atoms with Crippen molar-refractivity contribution in [2.45, 2.75) is 58.5 Å². The molecule has 0 radical (unpaired) electrons. The summed E-state index contributed by atoms with van der Waals surface area (Å²) in [4.78, 5) is 48.1. The zero-order valence-corrected chi connectivity index (χ0v) is 21.6. The summed E-state index contributed by atoms with van der Waals surface area (Å²) in [6.07, 6.45) is 2.34. The second kappa shape index (κ2) is 12.9. The smallest absolute Gasteiger partial charge is 0.328 e. The number of carboxylic acids is 2. The first-order valence-electron chi connectivity index (χ1n) is 12.2. The van der Waals surface area contributed by atoms with Gasteiger partial charge in [-0.05, 0) is 29.9 Å². The van der Waals surface area contributed by atoms with E-state index in [0.29, 0.717) is 44.3 Å². The molecule has 0 aliphatic carbocycles. The summed E-state index contributed by atoms with van der Waals surface area (Å²) in [5.74, 6) is -5.56. The largest absolute Gasteiger partial charge is 0.478 e. The van der Waals surface area contributed by atoms with Crippen LogP contribution >= 0.6 is 0 Å². The number of nitrogens with zero attached hydrogens (tertiary/aromatic N) is 2. The second-order valence-electron chi connectivity index (χ2n) is 10.8. The van der Waals surface area contributed by atoms with Gasteiger partial charge in [0.1, 0.15) is 5.82 Å². The normalized spacial score (nSPS) is 19.7. The van der Waals surface area contributed by atoms with Crippen molar-refractivity contribution in [1.29, 1.82) is 0 Å². The van der Waals surface area contributed by atoms with E-state index in [2.05, 4.69) is 0 Å². The number of amides is 2. The molecule has 210 valence electrons. The first-order chi connectivity index (χ1) is 17.6. The molecular formula is C26H34F3N3O6. The lowest BCUT2D eigenvalue weighted by Crippen LogP contribution is -2.43. The SMILES string of the molecule is CC(C)(C)CC(=O)N1C[C@@H]2CCN(C(=O)C[C@H](N)Cc3cc(F)c(F)cc3F)[C@@H]2C1.O=C(O)/C=C/C(=O)O. The van der Waals surface area contributed by atoms with Crippen LogP contribution in [0.25, 0.3) is 0 Å². The van der Waals surface area contributed by atoms with E-state index >= 15 is 0 Å². The van der Waals surface area contributed by atoms with Gasteiger partial charge in [0.15, 0.2) is 11.6 Å². The average molecular weight is 542 g/mol. The predicted molar refractivity (Wildman–Crippen MR) is 131 cm³/mol. The Morgan fingerprint density at radius 3 is 2.13 bits per heavy atom. The number of carbonyl (C=O) groups is 4. The molecular weight excluding hydrogens is 507 g/mol. The number of rotatable bonds is 7. The third kappa shape index (κ3) is 9.16. The molecule has 3 rings (SSSR count). The van der Waals surface area contributed by atoms with Crippen LogP contribution in [0.4, 0.5) is 13.2 Å². The maximum absolute atomic E-state index is 13.8. The molecule has 2 aliphatic rings. The molecule has 1 aromatic rings. The van der Waals surface area contributed by atoms with E-state index in [1.165, 1.54) is 0 Å². The molecule has 2 amide bonds. The highest BCUT2D eigenvalue weighted by molar-refractivity contribution is 5.89. The molecule has 12 heteroatoms. The average Bonchev–Trinajstić information content (AvgIpc) is 3.36. The minimum Gasteiger partial charge on any atom is -0.478 e. The number of aliphatic carboxylic acids is 2. The van der Waals surface area contributed by atoms with Crippen LogP contribution in [0.3, 0.4) is 0 Å². The summed E-state index contributed by atoms with van der Waals surface area (Å²) in [6, 6.07) is 0.548. The molecule has 0 aromatic heterocycles. The third-order valence-electron chi connectivity index (χ3n) is 6.28. The summed E-state index contributed by atoms with van der Waals surface area (Å²) in [5.41, 5.74) is 5.88. The minimum absolute atomic E-state index is 0.0163. The molecule has 2 fully saturated rings. The van der Waals surface area contributed by atoms with Gasteiger partial charge in [-0.2, -0.15) is 0 Å². The Bertz CT molecular complexity index is 1070. The Hall–Kier alpha value is -3.41. The van der Waals surface area contributed by atoms with Crippen molar-refractivity contribution < 1.29 is 42.6 Å². The number of nitrogens with two attached hydrogens (primary N) is 1. The lowest BCUT2D eigenvalue weighted by atomic mass is 9.91. The van der Waals surface area contributed by atoms with Crippen molar-refractivity contribution in [2.24, 2.45) is 17.1 Å². The molecule has 2 saturated heterocycles. The highest BCUT2D eigenvalue weighted by Gasteiger charge is 2.44. The summed E-state index contributed by atoms with van der Waals surface area (Å²) < 4.78 is 40.3. The van der Waals surface area contributed by atoms with Crippen LogP contribution in [0, 0.1) is 28.8 Å². The Morgan fingerprint density at radius 2 is 1.58 bits per heavy atom. The number of benzene rings is 1. The summed E-state index contributed by atoms with van der Waals surface area (Å²) >= 11 is 0. The van der Waals surface area contributed by atoms with Crippen LogP contribution in [0.1, 0.15) is 45.6 Å². The van der Waals surface area contributed by atoms with Gasteiger partial charge in [0.2, 0.25) is 11.8 Å². The molecule has 0 spiro atoms. The summed E-state index contributed by atoms with van der Waals surface area (Å²) in [6.45, 7) is 7.87. The van der Waals surface area contributed by atoms with Crippen LogP contribution in [0.5, 0.6) is 0 Å². The van der Waals surface area contributed by atoms with Gasteiger partial charge in [0.05, 0.1) is 6.04 Å². The van der Waals surface area contributed by atoms with Crippen molar-refractivity contribution in [3.8, 4) is 0 Å². The van der Waals surface area contributed by atoms with Crippen molar-refractivity contribution in [1.82, 2.24) is 9.80 Å². The van der Waals surface area contributed by atoms with Crippen molar-refractivity contribution in [3.63, 3.8) is 0 Å². The van der Waals surface area contributed by atoms with E-state index in [9.17, 15) is 32.3 Å². The van der Waals surface area contributed by atoms with E-state index in [1.807, 2.05) is 25.7 Å². The van der Waals surface area contributed by atoms with Crippen LogP contribution < -0.4 is 5.73 Å². The van der Waals surface area contributed by atoms with E-state index in [1.54, 1.807) is 4.90 Å². The number of carboxylic acid groups (broad SMARTS) is 2. The lowest BCUT2D eigenvalue weighted by molar-refractivity contribution is -0.135. The van der Waals surface area contributed by atoms with Gasteiger partial charge >= 0.3 is 11.9 Å². The topological polar surface area (TPSA) is 141 Å². The monoisotopic (exact) mass is 541 g/mol. The highest BCUT2D eigenvalue weighted by atomic mass is 19.2. The minimum atomic E-state index is -1.26. The Kier molecular flexibility index (Phi) is 10.5. The van der Waals surface area contributed by atoms with E-state index in [4.69, 9.17) is 15.9 Å². The van der Waals surface area contributed by atoms with Crippen LogP contribution in [-0.2, 0) is 25.6 Å². The number of hydrogen-bond acceptors (Lipinski definition) is 5. The molecule has 9 nitrogen and oxygen atoms in total. The molecule has 1 aromatic carbocycles. The fourth-order valence-corrected chi connectivity index (χ4v) is 4.60. The quantitative estimate of drug-likeness (QED) is 0.356. The second-order valence-corrected chi connectivity index (χ2v) is 10.8. The van der Waals surface area contributed by atoms with Crippen molar-refractivity contribution in [2.75, 3.05) is 19.6 Å². The van der Waals surface area contributed by atoms with E-state index in [0.717, 1.165) is 12.5 Å². The molecule has 4 N–H and O–H groups in total. The highest BCUT2D eigenvalue weighted by Crippen LogP contribution is 2.33. The van der Waals surface area contributed by atoms with Crippen molar-refractivity contribution in [3.05, 3.63) is 47.3 Å². The molecule has 38 heavy (non-hydrogen) atoms. The molecule has 2 heterocycles. The number of hydrogen-bond donors (Lipinski definition) is 3. The molecule has 0 saturated carbocycles. The zero-order chi connectivity index (χ0) is 28.8. The van der Waals surface area contributed by atoms with Crippen molar-refractivity contribution >= 4 is 23.8 Å². The lowest BCUT2D eigenvalue weighted by Gasteiger charge is -2.27. The fourth-order valence-electron chi connectivity index (χ4n) is 4.60. The van der Waals surface area contributed by atoms with E-state index in [-0.39, 0.29) is 47.6 Å². The fraction of sp³-hybridized carbons (Fsp3) is 0.538. The predicted octanol–water partition coefficient (Wildman–Crippen LogP) is 2.57. The summed E-state index contributed by atoms with van der Waals surface area (Å²) in [7, 11) is 0. The van der Waals surface area contributed by atoms with Gasteiger partial charge in [0.25, 0.3) is 0 Å². The molecule has 3 atom stereocenters. The summed E-state index contributed by atoms with van der Waals surface area (Å²) in [5, 5.41) is 15.6. The number of halogens is 3. The van der Waals surface area contributed by atoms with Gasteiger partial charge in [-0.15, -0.1) is 0 Å². The van der Waals surface area contributed by atoms with Crippen LogP contribution in [-0.4, -0.2) is 75.5 Å². The van der Waals surface area contributed by atoms with Gasteiger partial charge in [-0.3, -0.25) is 9.59 Å². The Labute approximate surface area is 219 Å². The maximum Gasteiger partial charge on any atom is 0.328 e. The van der Waals surface area contributed by atoms with Gasteiger partial charge < -0.3 is 25.7 Å². The first-order valence-corrected chi connectivity index (χ1v) is 12.2. The number of fused-ring (bicyclic) bond motifs is 1. The van der Waals surface area contributed by atoms with Gasteiger partial charge in [0, 0.05) is 62.7 Å². The standard InChI is InChI=1S/C22H30F3N3O2.C4H4O4/c1-22(2,3)10-21(30)27-11-13-4-5-28(19(13)12-27)20(29)8-15(26)6-14-7-17(24)18(25)9-16(14)23;5-3(6)1-2-4(7)8/h7,9,13,15,19H,4-6,8,10-12,26H2,1-3H3;1-2H,(H,5,6)(H,7,8)/b;2-1+/t13-,15+,19+;/m0./s1. The molecule has 2 aliphatic heterocycles. The molecule has 0 unspecified atom stereocenters. The number of likely N-dealkylation sites (tertiary alicyclic amines) is 2. The Morgan fingerprint density at radius 1 is 1.00 bits per heavy atom. The van der Waals surface area contributed by atoms with Crippen LogP contribution in [0.2, 0.25) is 0 Å².